The number of likely N-dealkylation sites (N-methyl/N-ethyl adjacent to an activating group) is 1. The van der Waals surface area contributed by atoms with Crippen LogP contribution in [-0.4, -0.2) is 103 Å². The first kappa shape index (κ1) is 45.0. The SMILES string of the molecule is CCC.COC(CC(=O)N1CCCC1C(OC)C(C)C(=O)NC(Cc1ccccc1)c1nccs1)C(C1CCCCC1)N(C)C(=O)CNC(=O)C(C)(C)N. The Morgan fingerprint density at radius 3 is 2.28 bits per heavy atom. The van der Waals surface area contributed by atoms with Crippen molar-refractivity contribution in [2.45, 2.75) is 135 Å². The van der Waals surface area contributed by atoms with Crippen molar-refractivity contribution in [3.63, 3.8) is 0 Å². The maximum Gasteiger partial charge on any atom is 0.242 e. The number of aromatic nitrogens is 1. The summed E-state index contributed by atoms with van der Waals surface area (Å²) >= 11 is 1.51. The lowest BCUT2D eigenvalue weighted by atomic mass is 9.80. The lowest BCUT2D eigenvalue weighted by Gasteiger charge is -2.41. The van der Waals surface area contributed by atoms with E-state index in [1.807, 2.05) is 47.5 Å². The second-order valence-electron chi connectivity index (χ2n) is 15.4. The van der Waals surface area contributed by atoms with Gasteiger partial charge in [-0.2, -0.15) is 0 Å². The number of amides is 4. The normalized spacial score (nSPS) is 19.1. The number of hydrogen-bond acceptors (Lipinski definition) is 9. The zero-order valence-electron chi connectivity index (χ0n) is 33.8. The summed E-state index contributed by atoms with van der Waals surface area (Å²) in [6, 6.07) is 9.06. The van der Waals surface area contributed by atoms with Crippen molar-refractivity contribution in [3.8, 4) is 0 Å². The molecule has 4 rings (SSSR count). The third-order valence-electron chi connectivity index (χ3n) is 10.5. The van der Waals surface area contributed by atoms with E-state index in [2.05, 4.69) is 29.5 Å². The first-order valence-corrected chi connectivity index (χ1v) is 20.6. The van der Waals surface area contributed by atoms with Crippen molar-refractivity contribution in [3.05, 3.63) is 52.5 Å². The lowest BCUT2D eigenvalue weighted by Crippen LogP contribution is -2.56. The first-order chi connectivity index (χ1) is 25.8. The Hall–Kier alpha value is -3.39. The molecule has 302 valence electrons. The van der Waals surface area contributed by atoms with Gasteiger partial charge in [0.25, 0.3) is 0 Å². The molecule has 0 bridgehead atoms. The molecule has 4 amide bonds. The number of benzene rings is 1. The van der Waals surface area contributed by atoms with Gasteiger partial charge in [0, 0.05) is 39.4 Å². The van der Waals surface area contributed by atoms with E-state index in [-0.39, 0.29) is 54.7 Å². The molecule has 6 unspecified atom stereocenters. The Morgan fingerprint density at radius 2 is 1.70 bits per heavy atom. The minimum absolute atomic E-state index is 0.0776. The van der Waals surface area contributed by atoms with Gasteiger partial charge >= 0.3 is 0 Å². The average Bonchev–Trinajstić information content (AvgIpc) is 3.88. The number of nitrogens with two attached hydrogens (primary N) is 1. The van der Waals surface area contributed by atoms with Crippen LogP contribution < -0.4 is 16.4 Å². The highest BCUT2D eigenvalue weighted by atomic mass is 32.1. The molecule has 2 fully saturated rings. The number of rotatable bonds is 17. The Labute approximate surface area is 327 Å². The predicted octanol–water partition coefficient (Wildman–Crippen LogP) is 5.27. The van der Waals surface area contributed by atoms with Gasteiger partial charge in [0.05, 0.1) is 54.8 Å². The maximum atomic E-state index is 14.2. The maximum absolute atomic E-state index is 14.2. The zero-order valence-corrected chi connectivity index (χ0v) is 34.7. The summed E-state index contributed by atoms with van der Waals surface area (Å²) in [5.74, 6) is -1.32. The monoisotopic (exact) mass is 770 g/mol. The van der Waals surface area contributed by atoms with Crippen LogP contribution in [-0.2, 0) is 35.1 Å². The molecule has 1 aromatic heterocycles. The molecular formula is C41H66N6O6S. The molecule has 4 N–H and O–H groups in total. The van der Waals surface area contributed by atoms with Crippen molar-refractivity contribution < 1.29 is 28.7 Å². The number of nitrogens with one attached hydrogen (secondary N) is 2. The lowest BCUT2D eigenvalue weighted by molar-refractivity contribution is -0.146. The molecule has 0 spiro atoms. The van der Waals surface area contributed by atoms with Gasteiger partial charge in [-0.25, -0.2) is 4.98 Å². The fourth-order valence-corrected chi connectivity index (χ4v) is 8.39. The number of ether oxygens (including phenoxy) is 2. The number of carbonyl (C=O) groups is 4. The van der Waals surface area contributed by atoms with Gasteiger partial charge in [-0.3, -0.25) is 19.2 Å². The minimum atomic E-state index is -1.11. The number of nitrogens with zero attached hydrogens (tertiary/aromatic N) is 3. The molecule has 1 aromatic carbocycles. The number of thiazole rings is 1. The van der Waals surface area contributed by atoms with Crippen LogP contribution in [0, 0.1) is 11.8 Å². The second-order valence-corrected chi connectivity index (χ2v) is 16.3. The van der Waals surface area contributed by atoms with Crippen molar-refractivity contribution in [2.75, 3.05) is 34.4 Å². The summed E-state index contributed by atoms with van der Waals surface area (Å²) in [5, 5.41) is 8.62. The molecule has 54 heavy (non-hydrogen) atoms. The molecule has 2 aliphatic rings. The largest absolute Gasteiger partial charge is 0.379 e. The van der Waals surface area contributed by atoms with E-state index in [4.69, 9.17) is 15.2 Å². The third kappa shape index (κ3) is 12.8. The molecule has 1 saturated heterocycles. The molecule has 6 atom stereocenters. The molecular weight excluding hydrogens is 705 g/mol. The average molecular weight is 771 g/mol. The van der Waals surface area contributed by atoms with E-state index in [0.717, 1.165) is 49.1 Å². The van der Waals surface area contributed by atoms with Crippen LogP contribution >= 0.6 is 11.3 Å². The van der Waals surface area contributed by atoms with Crippen molar-refractivity contribution in [1.29, 1.82) is 0 Å². The van der Waals surface area contributed by atoms with Crippen LogP contribution in [0.2, 0.25) is 0 Å². The van der Waals surface area contributed by atoms with Gasteiger partial charge in [0.15, 0.2) is 0 Å². The smallest absolute Gasteiger partial charge is 0.242 e. The summed E-state index contributed by atoms with van der Waals surface area (Å²) in [4.78, 5) is 61.9. The number of likely N-dealkylation sites (tertiary alicyclic amines) is 1. The quantitative estimate of drug-likeness (QED) is 0.197. The van der Waals surface area contributed by atoms with Crippen LogP contribution in [0.3, 0.4) is 0 Å². The molecule has 2 heterocycles. The Bertz CT molecular complexity index is 1430. The Balaban J connectivity index is 0.00000253. The predicted molar refractivity (Wildman–Crippen MR) is 214 cm³/mol. The van der Waals surface area contributed by atoms with Crippen LogP contribution in [0.4, 0.5) is 0 Å². The number of carbonyl (C=O) groups excluding carboxylic acids is 4. The highest BCUT2D eigenvalue weighted by Crippen LogP contribution is 2.34. The standard InChI is InChI=1S/C38H58N6O6S.C3H8/c1-25(35(47)42-28(36-40-19-21-51-36)22-26-14-9-7-10-15-26)34(50-6)29-18-13-20-44(29)31(45)23-30(49-5)33(27-16-11-8-12-17-27)43(4)32(46)24-41-37(48)38(2,3)39;1-3-2/h7,9-10,14-15,19,21,25,27-30,33-34H,8,11-13,16-18,20,22-24,39H2,1-6H3,(H,41,48)(H,42,47);3H2,1-2H3. The molecule has 13 heteroatoms. The van der Waals surface area contributed by atoms with Gasteiger partial charge in [-0.05, 0) is 57.4 Å². The summed E-state index contributed by atoms with van der Waals surface area (Å²) in [6.07, 6.45) is 9.17. The molecule has 0 radical (unpaired) electrons. The Kier molecular flexibility index (Phi) is 18.5. The molecule has 1 aliphatic carbocycles. The highest BCUT2D eigenvalue weighted by Gasteiger charge is 2.43. The highest BCUT2D eigenvalue weighted by molar-refractivity contribution is 7.09. The van der Waals surface area contributed by atoms with Gasteiger partial charge in [-0.15, -0.1) is 11.3 Å². The van der Waals surface area contributed by atoms with Crippen LogP contribution in [0.15, 0.2) is 41.9 Å². The van der Waals surface area contributed by atoms with Gasteiger partial charge in [-0.1, -0.05) is 76.8 Å². The van der Waals surface area contributed by atoms with Crippen LogP contribution in [0.5, 0.6) is 0 Å². The summed E-state index contributed by atoms with van der Waals surface area (Å²) in [5.41, 5.74) is 5.90. The third-order valence-corrected chi connectivity index (χ3v) is 11.4. The number of hydrogen-bond donors (Lipinski definition) is 3. The van der Waals surface area contributed by atoms with Crippen molar-refractivity contribution >= 4 is 35.0 Å². The van der Waals surface area contributed by atoms with Crippen LogP contribution in [0.25, 0.3) is 0 Å². The molecule has 2 aromatic rings. The molecule has 1 saturated carbocycles. The summed E-state index contributed by atoms with van der Waals surface area (Å²) in [7, 11) is 4.92. The molecule has 12 nitrogen and oxygen atoms in total. The first-order valence-electron chi connectivity index (χ1n) is 19.7. The van der Waals surface area contributed by atoms with E-state index >= 15 is 0 Å². The topological polar surface area (TPSA) is 156 Å². The van der Waals surface area contributed by atoms with E-state index in [1.165, 1.54) is 17.8 Å². The van der Waals surface area contributed by atoms with Gasteiger partial charge in [0.1, 0.15) is 5.01 Å². The fourth-order valence-electron chi connectivity index (χ4n) is 7.70. The zero-order chi connectivity index (χ0) is 39.8. The van der Waals surface area contributed by atoms with E-state index < -0.39 is 29.6 Å². The second kappa shape index (κ2) is 22.2. The van der Waals surface area contributed by atoms with Crippen LogP contribution in [0.1, 0.15) is 109 Å². The number of methoxy groups -OCH3 is 2. The van der Waals surface area contributed by atoms with Gasteiger partial charge in [0.2, 0.25) is 23.6 Å². The summed E-state index contributed by atoms with van der Waals surface area (Å²) in [6.45, 7) is 9.64. The summed E-state index contributed by atoms with van der Waals surface area (Å²) < 4.78 is 12.0. The Morgan fingerprint density at radius 1 is 1.04 bits per heavy atom. The van der Waals surface area contributed by atoms with Crippen molar-refractivity contribution in [1.82, 2.24) is 25.4 Å². The van der Waals surface area contributed by atoms with Crippen molar-refractivity contribution in [2.24, 2.45) is 17.6 Å². The fraction of sp³-hybridized carbons (Fsp3) is 0.683. The van der Waals surface area contributed by atoms with E-state index in [0.29, 0.717) is 19.4 Å². The van der Waals surface area contributed by atoms with E-state index in [9.17, 15) is 19.2 Å². The molecule has 1 aliphatic heterocycles. The van der Waals surface area contributed by atoms with E-state index in [1.54, 1.807) is 46.2 Å². The van der Waals surface area contributed by atoms with Gasteiger partial charge < -0.3 is 35.6 Å². The minimum Gasteiger partial charge on any atom is -0.379 e.